The largest absolute Gasteiger partial charge is 0.496 e. The quantitative estimate of drug-likeness (QED) is 0.283. The molecule has 0 saturated heterocycles. The van der Waals surface area contributed by atoms with Gasteiger partial charge >= 0.3 is 13.1 Å². The summed E-state index contributed by atoms with van der Waals surface area (Å²) < 4.78 is 17.5. The Morgan fingerprint density at radius 3 is 3.05 bits per heavy atom. The van der Waals surface area contributed by atoms with E-state index in [2.05, 4.69) is 27.4 Å². The number of aliphatic hydroxyl groups is 1. The van der Waals surface area contributed by atoms with Gasteiger partial charge in [0.05, 0.1) is 12.7 Å². The van der Waals surface area contributed by atoms with E-state index >= 15 is 0 Å². The van der Waals surface area contributed by atoms with Gasteiger partial charge in [-0.1, -0.05) is 12.1 Å². The molecule has 0 aliphatic carbocycles. The first-order valence-corrected chi connectivity index (χ1v) is 8.19. The summed E-state index contributed by atoms with van der Waals surface area (Å²) >= 11 is 7.79. The Hall–Kier alpha value is -0.385. The highest BCUT2D eigenvalue weighted by molar-refractivity contribution is 14.1. The van der Waals surface area contributed by atoms with E-state index in [1.165, 1.54) is 6.92 Å². The van der Waals surface area contributed by atoms with Gasteiger partial charge in [-0.15, -0.1) is 0 Å². The second-order valence-corrected chi connectivity index (χ2v) is 6.21. The van der Waals surface area contributed by atoms with Gasteiger partial charge in [0.2, 0.25) is 0 Å². The van der Waals surface area contributed by atoms with Gasteiger partial charge in [0.15, 0.2) is 0 Å². The summed E-state index contributed by atoms with van der Waals surface area (Å²) in [6.45, 7) is 1.44. The zero-order chi connectivity index (χ0) is 16.1. The van der Waals surface area contributed by atoms with Crippen molar-refractivity contribution in [1.29, 1.82) is 0 Å². The number of esters is 1. The van der Waals surface area contributed by atoms with Crippen LogP contribution in [-0.4, -0.2) is 44.1 Å². The first kappa shape index (κ1) is 18.0. The lowest BCUT2D eigenvalue weighted by atomic mass is 9.78. The van der Waals surface area contributed by atoms with Gasteiger partial charge in [-0.2, -0.15) is 0 Å². The summed E-state index contributed by atoms with van der Waals surface area (Å²) in [4.78, 5) is 13.4. The van der Waals surface area contributed by atoms with Crippen LogP contribution in [0.2, 0.25) is 0 Å². The highest BCUT2D eigenvalue weighted by atomic mass is 127. The predicted molar refractivity (Wildman–Crippen MR) is 90.8 cm³/mol. The molecule has 1 aromatic carbocycles. The average Bonchev–Trinajstić information content (AvgIpc) is 2.83. The molecule has 6 nitrogen and oxygen atoms in total. The Kier molecular flexibility index (Phi) is 6.91. The van der Waals surface area contributed by atoms with E-state index in [1.807, 2.05) is 18.2 Å². The summed E-state index contributed by atoms with van der Waals surface area (Å²) in [5, 5.41) is 9.38. The molecule has 120 valence electrons. The summed E-state index contributed by atoms with van der Waals surface area (Å²) in [6.07, 6.45) is -0.888. The number of hydrogen-bond donors (Lipinski definition) is 2. The highest BCUT2D eigenvalue weighted by Gasteiger charge is 2.40. The van der Waals surface area contributed by atoms with Gasteiger partial charge in [0.25, 0.3) is 0 Å². The molecule has 1 aliphatic rings. The lowest BCUT2D eigenvalue weighted by Crippen LogP contribution is -2.41. The molecule has 0 saturated carbocycles. The lowest BCUT2D eigenvalue weighted by molar-refractivity contribution is -0.144. The van der Waals surface area contributed by atoms with Crippen LogP contribution in [0.5, 0.6) is 0 Å². The molecule has 22 heavy (non-hydrogen) atoms. The van der Waals surface area contributed by atoms with Gasteiger partial charge in [0, 0.05) is 22.5 Å². The van der Waals surface area contributed by atoms with Crippen LogP contribution in [0.1, 0.15) is 18.6 Å². The molecule has 0 fully saturated rings. The smallest absolute Gasteiger partial charge is 0.463 e. The molecule has 0 aromatic heterocycles. The second kappa shape index (κ2) is 8.46. The van der Waals surface area contributed by atoms with Crippen molar-refractivity contribution in [1.82, 2.24) is 4.84 Å². The van der Waals surface area contributed by atoms with Crippen LogP contribution in [-0.2, 0) is 18.8 Å². The van der Waals surface area contributed by atoms with Gasteiger partial charge in [0.1, 0.15) is 12.7 Å². The third-order valence-electron chi connectivity index (χ3n) is 3.21. The normalized spacial score (nSPS) is 18.2. The van der Waals surface area contributed by atoms with Crippen molar-refractivity contribution >= 4 is 52.9 Å². The van der Waals surface area contributed by atoms with Crippen LogP contribution in [0.3, 0.4) is 0 Å². The van der Waals surface area contributed by atoms with Crippen molar-refractivity contribution in [3.8, 4) is 0 Å². The number of ether oxygens (including phenoxy) is 1. The molecule has 1 aliphatic heterocycles. The minimum Gasteiger partial charge on any atom is -0.463 e. The molecule has 9 heteroatoms. The summed E-state index contributed by atoms with van der Waals surface area (Å²) in [6, 6.07) is 5.85. The number of carbonyl (C=O) groups excluding carboxylic acids is 1. The topological polar surface area (TPSA) is 77.0 Å². The first-order valence-electron chi connectivity index (χ1n) is 6.73. The molecule has 1 heterocycles. The van der Waals surface area contributed by atoms with Crippen LogP contribution >= 0.6 is 34.4 Å². The average molecular weight is 439 g/mol. The zero-order valence-electron chi connectivity index (χ0n) is 11.9. The number of benzene rings is 1. The number of fused-ring (bicyclic) bond motifs is 1. The number of carbonyl (C=O) groups is 1. The van der Waals surface area contributed by atoms with E-state index < -0.39 is 19.2 Å². The molecule has 0 spiro atoms. The molecule has 0 radical (unpaired) electrons. The van der Waals surface area contributed by atoms with Crippen LogP contribution in [0.4, 0.5) is 0 Å². The van der Waals surface area contributed by atoms with Gasteiger partial charge in [-0.25, -0.2) is 4.84 Å². The number of rotatable bonds is 7. The molecule has 2 N–H and O–H groups in total. The SMILES string of the molecule is CC(=O)OC[C@H](CO)OB1OC(CNCl)c2cccc(I)c21. The van der Waals surface area contributed by atoms with Crippen molar-refractivity contribution in [3.05, 3.63) is 27.3 Å². The van der Waals surface area contributed by atoms with E-state index in [0.717, 1.165) is 14.6 Å². The second-order valence-electron chi connectivity index (χ2n) is 4.78. The van der Waals surface area contributed by atoms with Crippen molar-refractivity contribution < 1.29 is 23.9 Å². The third-order valence-corrected chi connectivity index (χ3v) is 4.31. The van der Waals surface area contributed by atoms with E-state index in [9.17, 15) is 9.90 Å². The van der Waals surface area contributed by atoms with Gasteiger partial charge in [-0.3, -0.25) is 4.79 Å². The van der Waals surface area contributed by atoms with Crippen molar-refractivity contribution in [3.63, 3.8) is 0 Å². The van der Waals surface area contributed by atoms with Gasteiger partial charge in [-0.05, 0) is 46.0 Å². The minimum absolute atomic E-state index is 0.0249. The fourth-order valence-electron chi connectivity index (χ4n) is 2.22. The van der Waals surface area contributed by atoms with Crippen molar-refractivity contribution in [2.75, 3.05) is 19.8 Å². The number of halogens is 2. The van der Waals surface area contributed by atoms with Crippen molar-refractivity contribution in [2.45, 2.75) is 19.1 Å². The molecule has 2 atom stereocenters. The number of nitrogens with one attached hydrogen (secondary N) is 1. The fourth-order valence-corrected chi connectivity index (χ4v) is 3.14. The van der Waals surface area contributed by atoms with E-state index in [0.29, 0.717) is 6.54 Å². The Morgan fingerprint density at radius 2 is 2.41 bits per heavy atom. The maximum atomic E-state index is 10.9. The maximum absolute atomic E-state index is 10.9. The van der Waals surface area contributed by atoms with E-state index in [-0.39, 0.29) is 19.3 Å². The monoisotopic (exact) mass is 439 g/mol. The zero-order valence-corrected chi connectivity index (χ0v) is 14.8. The summed E-state index contributed by atoms with van der Waals surface area (Å²) in [5.41, 5.74) is 1.91. The Labute approximate surface area is 147 Å². The summed E-state index contributed by atoms with van der Waals surface area (Å²) in [5.74, 6) is -0.423. The van der Waals surface area contributed by atoms with Gasteiger partial charge < -0.3 is 19.2 Å². The Bertz CT molecular complexity index is 535. The fraction of sp³-hybridized carbons (Fsp3) is 0.462. The van der Waals surface area contributed by atoms with E-state index in [1.54, 1.807) is 0 Å². The minimum atomic E-state index is -0.652. The number of hydrogen-bond acceptors (Lipinski definition) is 6. The molecule has 1 unspecified atom stereocenters. The molecule has 1 aromatic rings. The number of aliphatic hydroxyl groups excluding tert-OH is 1. The molecule has 0 bridgehead atoms. The first-order chi connectivity index (χ1) is 10.6. The molecule has 0 amide bonds. The standard InChI is InChI=1S/C13H16BClINO5/c1-8(19)20-7-9(6-18)21-14-13-10(3-2-4-11(13)16)12(22-14)5-17-15/h2-4,9,12,17-18H,5-7H2,1H3/t9-,12?/m0/s1. The Balaban J connectivity index is 2.13. The lowest BCUT2D eigenvalue weighted by Gasteiger charge is -2.19. The molecule has 2 rings (SSSR count). The van der Waals surface area contributed by atoms with Crippen LogP contribution in [0.25, 0.3) is 0 Å². The maximum Gasteiger partial charge on any atom is 0.496 e. The highest BCUT2D eigenvalue weighted by Crippen LogP contribution is 2.27. The predicted octanol–water partition coefficient (Wildman–Crippen LogP) is 0.742. The van der Waals surface area contributed by atoms with E-state index in [4.69, 9.17) is 25.8 Å². The molecular weight excluding hydrogens is 423 g/mol. The van der Waals surface area contributed by atoms with Crippen molar-refractivity contribution in [2.24, 2.45) is 0 Å². The van der Waals surface area contributed by atoms with Crippen LogP contribution in [0, 0.1) is 3.57 Å². The molecular formula is C13H16BClINO5. The third kappa shape index (κ3) is 4.33. The Morgan fingerprint density at radius 1 is 1.64 bits per heavy atom. The van der Waals surface area contributed by atoms with Crippen LogP contribution < -0.4 is 10.3 Å². The summed E-state index contributed by atoms with van der Waals surface area (Å²) in [7, 11) is -0.633. The van der Waals surface area contributed by atoms with Crippen LogP contribution in [0.15, 0.2) is 18.2 Å².